The maximum absolute atomic E-state index is 5.80. The third-order valence-electron chi connectivity index (χ3n) is 2.84. The molecule has 0 saturated heterocycles. The zero-order valence-electron chi connectivity index (χ0n) is 10.8. The van der Waals surface area contributed by atoms with Gasteiger partial charge in [-0.1, -0.05) is 6.07 Å². The Bertz CT molecular complexity index is 567. The zero-order valence-corrected chi connectivity index (χ0v) is 10.8. The normalized spacial score (nSPS) is 10.2. The number of pyridine rings is 1. The monoisotopic (exact) mass is 243 g/mol. The summed E-state index contributed by atoms with van der Waals surface area (Å²) >= 11 is 0. The summed E-state index contributed by atoms with van der Waals surface area (Å²) in [6.07, 6.45) is 0. The van der Waals surface area contributed by atoms with Crippen LogP contribution in [-0.4, -0.2) is 12.0 Å². The van der Waals surface area contributed by atoms with E-state index in [-0.39, 0.29) is 0 Å². The van der Waals surface area contributed by atoms with Crippen LogP contribution in [0.15, 0.2) is 30.3 Å². The molecule has 0 spiro atoms. The number of nitrogens with zero attached hydrogens (tertiary/aromatic N) is 1. The van der Waals surface area contributed by atoms with Crippen molar-refractivity contribution in [1.82, 2.24) is 4.98 Å². The Morgan fingerprint density at radius 1 is 1.17 bits per heavy atom. The van der Waals surface area contributed by atoms with Gasteiger partial charge in [-0.25, -0.2) is 4.98 Å². The molecule has 3 N–H and O–H groups in total. The smallest absolute Gasteiger partial charge is 0.219 e. The highest BCUT2D eigenvalue weighted by Gasteiger charge is 2.03. The molecule has 94 valence electrons. The standard InChI is InChI=1S/C14H17N3O/c1-9-4-7-14(17-10(9)2)18-11-5-6-12(15)13(8-11)16-3/h4-8,16H,15H2,1-3H3. The van der Waals surface area contributed by atoms with Crippen LogP contribution in [0.4, 0.5) is 11.4 Å². The molecule has 18 heavy (non-hydrogen) atoms. The lowest BCUT2D eigenvalue weighted by Gasteiger charge is -2.10. The molecule has 0 radical (unpaired) electrons. The summed E-state index contributed by atoms with van der Waals surface area (Å²) in [5, 5.41) is 3.02. The van der Waals surface area contributed by atoms with E-state index in [0.717, 1.165) is 16.9 Å². The van der Waals surface area contributed by atoms with Crippen molar-refractivity contribution in [2.75, 3.05) is 18.1 Å². The molecular weight excluding hydrogens is 226 g/mol. The van der Waals surface area contributed by atoms with E-state index in [4.69, 9.17) is 10.5 Å². The number of ether oxygens (including phenoxy) is 1. The van der Waals surface area contributed by atoms with Crippen LogP contribution in [0.3, 0.4) is 0 Å². The van der Waals surface area contributed by atoms with Gasteiger partial charge in [0.05, 0.1) is 11.4 Å². The van der Waals surface area contributed by atoms with Crippen molar-refractivity contribution >= 4 is 11.4 Å². The molecule has 0 saturated carbocycles. The number of nitrogens with two attached hydrogens (primary N) is 1. The van der Waals surface area contributed by atoms with Crippen molar-refractivity contribution in [1.29, 1.82) is 0 Å². The van der Waals surface area contributed by atoms with E-state index in [2.05, 4.69) is 10.3 Å². The van der Waals surface area contributed by atoms with E-state index in [1.54, 1.807) is 0 Å². The Morgan fingerprint density at radius 3 is 2.61 bits per heavy atom. The summed E-state index contributed by atoms with van der Waals surface area (Å²) in [6, 6.07) is 9.34. The number of rotatable bonds is 3. The Hall–Kier alpha value is -2.23. The molecule has 2 aromatic rings. The molecule has 0 fully saturated rings. The minimum Gasteiger partial charge on any atom is -0.439 e. The lowest BCUT2D eigenvalue weighted by molar-refractivity contribution is 0.461. The fourth-order valence-electron chi connectivity index (χ4n) is 1.60. The van der Waals surface area contributed by atoms with Gasteiger partial charge in [0.15, 0.2) is 0 Å². The van der Waals surface area contributed by atoms with E-state index in [9.17, 15) is 0 Å². The second-order valence-electron chi connectivity index (χ2n) is 4.15. The summed E-state index contributed by atoms with van der Waals surface area (Å²) in [4.78, 5) is 4.37. The molecule has 2 rings (SSSR count). The first-order valence-electron chi connectivity index (χ1n) is 5.79. The van der Waals surface area contributed by atoms with E-state index in [1.165, 1.54) is 0 Å². The van der Waals surface area contributed by atoms with Crippen LogP contribution < -0.4 is 15.8 Å². The molecular formula is C14H17N3O. The van der Waals surface area contributed by atoms with E-state index < -0.39 is 0 Å². The number of aryl methyl sites for hydroxylation is 2. The Balaban J connectivity index is 2.25. The molecule has 1 heterocycles. The highest BCUT2D eigenvalue weighted by molar-refractivity contribution is 5.68. The average Bonchev–Trinajstić information content (AvgIpc) is 2.36. The van der Waals surface area contributed by atoms with E-state index in [1.807, 2.05) is 51.2 Å². The van der Waals surface area contributed by atoms with Crippen LogP contribution in [0.2, 0.25) is 0 Å². The predicted molar refractivity (Wildman–Crippen MR) is 74.2 cm³/mol. The summed E-state index contributed by atoms with van der Waals surface area (Å²) in [5.74, 6) is 1.30. The van der Waals surface area contributed by atoms with Gasteiger partial charge in [-0.3, -0.25) is 0 Å². The van der Waals surface area contributed by atoms with Gasteiger partial charge < -0.3 is 15.8 Å². The minimum absolute atomic E-state index is 0.588. The van der Waals surface area contributed by atoms with E-state index in [0.29, 0.717) is 17.3 Å². The van der Waals surface area contributed by atoms with Crippen LogP contribution in [0.1, 0.15) is 11.3 Å². The van der Waals surface area contributed by atoms with Crippen LogP contribution in [0, 0.1) is 13.8 Å². The van der Waals surface area contributed by atoms with Crippen LogP contribution in [-0.2, 0) is 0 Å². The first-order valence-corrected chi connectivity index (χ1v) is 5.79. The number of hydrogen-bond acceptors (Lipinski definition) is 4. The maximum atomic E-state index is 5.80. The van der Waals surface area contributed by atoms with Crippen LogP contribution >= 0.6 is 0 Å². The predicted octanol–water partition coefficient (Wildman–Crippen LogP) is 3.11. The maximum Gasteiger partial charge on any atom is 0.219 e. The number of benzene rings is 1. The van der Waals surface area contributed by atoms with Crippen molar-refractivity contribution in [2.45, 2.75) is 13.8 Å². The number of aromatic nitrogens is 1. The van der Waals surface area contributed by atoms with Gasteiger partial charge in [-0.2, -0.15) is 0 Å². The van der Waals surface area contributed by atoms with Gasteiger partial charge >= 0.3 is 0 Å². The number of nitrogens with one attached hydrogen (secondary N) is 1. The van der Waals surface area contributed by atoms with Crippen molar-refractivity contribution < 1.29 is 4.74 Å². The minimum atomic E-state index is 0.588. The molecule has 1 aromatic heterocycles. The fraction of sp³-hybridized carbons (Fsp3) is 0.214. The Morgan fingerprint density at radius 2 is 1.94 bits per heavy atom. The molecule has 1 aromatic carbocycles. The Labute approximate surface area is 107 Å². The number of hydrogen-bond donors (Lipinski definition) is 2. The second-order valence-corrected chi connectivity index (χ2v) is 4.15. The summed E-state index contributed by atoms with van der Waals surface area (Å²) in [7, 11) is 1.82. The van der Waals surface area contributed by atoms with Crippen LogP contribution in [0.25, 0.3) is 0 Å². The van der Waals surface area contributed by atoms with Gasteiger partial charge in [0.2, 0.25) is 5.88 Å². The third kappa shape index (κ3) is 2.53. The number of nitrogen functional groups attached to an aromatic ring is 1. The van der Waals surface area contributed by atoms with E-state index >= 15 is 0 Å². The topological polar surface area (TPSA) is 60.2 Å². The average molecular weight is 243 g/mol. The molecule has 0 aliphatic heterocycles. The van der Waals surface area contributed by atoms with Gasteiger partial charge in [0, 0.05) is 24.9 Å². The summed E-state index contributed by atoms with van der Waals surface area (Å²) in [5.41, 5.74) is 9.46. The summed E-state index contributed by atoms with van der Waals surface area (Å²) in [6.45, 7) is 3.98. The highest BCUT2D eigenvalue weighted by Crippen LogP contribution is 2.27. The quantitative estimate of drug-likeness (QED) is 0.813. The molecule has 4 heteroatoms. The molecule has 0 aliphatic carbocycles. The lowest BCUT2D eigenvalue weighted by Crippen LogP contribution is -1.97. The lowest BCUT2D eigenvalue weighted by atomic mass is 10.2. The van der Waals surface area contributed by atoms with Crippen molar-refractivity contribution in [3.05, 3.63) is 41.6 Å². The first-order chi connectivity index (χ1) is 8.60. The third-order valence-corrected chi connectivity index (χ3v) is 2.84. The first kappa shape index (κ1) is 12.2. The van der Waals surface area contributed by atoms with Gasteiger partial charge in [0.25, 0.3) is 0 Å². The molecule has 0 aliphatic rings. The molecule has 0 amide bonds. The van der Waals surface area contributed by atoms with Gasteiger partial charge in [0.1, 0.15) is 5.75 Å². The number of anilines is 2. The molecule has 0 bridgehead atoms. The molecule has 0 unspecified atom stereocenters. The van der Waals surface area contributed by atoms with Crippen molar-refractivity contribution in [2.24, 2.45) is 0 Å². The summed E-state index contributed by atoms with van der Waals surface area (Å²) < 4.78 is 5.70. The van der Waals surface area contributed by atoms with Crippen molar-refractivity contribution in [3.63, 3.8) is 0 Å². The largest absolute Gasteiger partial charge is 0.439 e. The fourth-order valence-corrected chi connectivity index (χ4v) is 1.60. The SMILES string of the molecule is CNc1cc(Oc2ccc(C)c(C)n2)ccc1N. The van der Waals surface area contributed by atoms with Crippen molar-refractivity contribution in [3.8, 4) is 11.6 Å². The van der Waals surface area contributed by atoms with Gasteiger partial charge in [-0.15, -0.1) is 0 Å². The van der Waals surface area contributed by atoms with Gasteiger partial charge in [-0.05, 0) is 31.5 Å². The Kier molecular flexibility index (Phi) is 3.37. The zero-order chi connectivity index (χ0) is 13.1. The molecule has 4 nitrogen and oxygen atoms in total. The van der Waals surface area contributed by atoms with Crippen LogP contribution in [0.5, 0.6) is 11.6 Å². The second kappa shape index (κ2) is 4.96. The highest BCUT2D eigenvalue weighted by atomic mass is 16.5. The molecule has 0 atom stereocenters.